The molecule has 0 aliphatic carbocycles. The second-order valence-electron chi connectivity index (χ2n) is 6.05. The summed E-state index contributed by atoms with van der Waals surface area (Å²) in [5, 5.41) is 0. The lowest BCUT2D eigenvalue weighted by Gasteiger charge is -2.32. The third-order valence-electron chi connectivity index (χ3n) is 4.04. The lowest BCUT2D eigenvalue weighted by molar-refractivity contribution is -0.287. The van der Waals surface area contributed by atoms with Crippen molar-refractivity contribution in [3.05, 3.63) is 17.9 Å². The average molecular weight is 302 g/mol. The number of rotatable bonds is 1. The van der Waals surface area contributed by atoms with Gasteiger partial charge in [0.15, 0.2) is 11.6 Å². The molecule has 1 fully saturated rings. The molecule has 0 bridgehead atoms. The number of hydrogen-bond acceptors (Lipinski definition) is 4. The lowest BCUT2D eigenvalue weighted by Crippen LogP contribution is -2.41. The maximum Gasteiger partial charge on any atom is 0.586 e. The van der Waals surface area contributed by atoms with Crippen molar-refractivity contribution < 1.29 is 32.0 Å². The first kappa shape index (κ1) is 14.5. The van der Waals surface area contributed by atoms with Crippen LogP contribution in [0.15, 0.2) is 12.1 Å². The van der Waals surface area contributed by atoms with Gasteiger partial charge in [-0.1, -0.05) is 6.07 Å². The fourth-order valence-electron chi connectivity index (χ4n) is 2.17. The molecule has 2 heterocycles. The topological polar surface area (TPSA) is 36.9 Å². The molecule has 0 unspecified atom stereocenters. The minimum absolute atomic E-state index is 0.169. The summed E-state index contributed by atoms with van der Waals surface area (Å²) in [7, 11) is -0.943. The van der Waals surface area contributed by atoms with Crippen LogP contribution < -0.4 is 14.9 Å². The van der Waals surface area contributed by atoms with Gasteiger partial charge in [-0.3, -0.25) is 0 Å². The van der Waals surface area contributed by atoms with E-state index in [9.17, 15) is 13.2 Å². The molecule has 0 saturated carbocycles. The first-order chi connectivity index (χ1) is 9.52. The van der Waals surface area contributed by atoms with E-state index in [1.807, 2.05) is 27.7 Å². The van der Waals surface area contributed by atoms with Crippen molar-refractivity contribution >= 4 is 12.6 Å². The van der Waals surface area contributed by atoms with Crippen LogP contribution in [0.2, 0.25) is 0 Å². The zero-order chi connectivity index (χ0) is 15.6. The Kier molecular flexibility index (Phi) is 2.82. The van der Waals surface area contributed by atoms with Crippen LogP contribution >= 0.6 is 0 Å². The molecule has 8 heteroatoms. The number of hydrogen-bond donors (Lipinski definition) is 0. The van der Waals surface area contributed by atoms with E-state index in [1.165, 1.54) is 6.07 Å². The number of halogens is 3. The minimum atomic E-state index is -3.90. The van der Waals surface area contributed by atoms with Crippen LogP contribution in [0.1, 0.15) is 27.7 Å². The average Bonchev–Trinajstić information content (AvgIpc) is 2.73. The Morgan fingerprint density at radius 3 is 2.00 bits per heavy atom. The van der Waals surface area contributed by atoms with Crippen LogP contribution in [0.25, 0.3) is 0 Å². The van der Waals surface area contributed by atoms with Crippen molar-refractivity contribution in [2.24, 2.45) is 0 Å². The van der Waals surface area contributed by atoms with Gasteiger partial charge in [-0.05, 0) is 33.8 Å². The van der Waals surface area contributed by atoms with Gasteiger partial charge in [-0.2, -0.15) is 0 Å². The largest absolute Gasteiger partial charge is 0.586 e. The highest BCUT2D eigenvalue weighted by Gasteiger charge is 2.55. The highest BCUT2D eigenvalue weighted by atomic mass is 19.3. The standard InChI is InChI=1S/C13H14BF3O4/c1-11(2)12(3,4)21-14(20-11)7-5-6-8(15)10-9(7)18-13(16,17)19-10/h5-6H,1-4H3. The molecule has 0 amide bonds. The van der Waals surface area contributed by atoms with Gasteiger partial charge in [-0.25, -0.2) is 4.39 Å². The lowest BCUT2D eigenvalue weighted by atomic mass is 9.78. The molecule has 1 aromatic rings. The molecule has 0 N–H and O–H groups in total. The predicted octanol–water partition coefficient (Wildman–Crippen LogP) is 2.45. The molecule has 21 heavy (non-hydrogen) atoms. The third kappa shape index (κ3) is 2.17. The molecule has 0 atom stereocenters. The van der Waals surface area contributed by atoms with Gasteiger partial charge in [0.1, 0.15) is 0 Å². The molecule has 2 aliphatic rings. The van der Waals surface area contributed by atoms with Gasteiger partial charge < -0.3 is 18.8 Å². The highest BCUT2D eigenvalue weighted by Crippen LogP contribution is 2.44. The second kappa shape index (κ2) is 4.07. The molecule has 3 rings (SSSR count). The van der Waals surface area contributed by atoms with Crippen LogP contribution in [-0.2, 0) is 9.31 Å². The van der Waals surface area contributed by atoms with Gasteiger partial charge in [0.05, 0.1) is 11.2 Å². The van der Waals surface area contributed by atoms with E-state index < -0.39 is 41.9 Å². The molecule has 1 saturated heterocycles. The van der Waals surface area contributed by atoms with E-state index in [4.69, 9.17) is 9.31 Å². The summed E-state index contributed by atoms with van der Waals surface area (Å²) < 4.78 is 60.1. The number of benzene rings is 1. The van der Waals surface area contributed by atoms with Crippen LogP contribution in [0.4, 0.5) is 13.2 Å². The fourth-order valence-corrected chi connectivity index (χ4v) is 2.17. The van der Waals surface area contributed by atoms with Crippen LogP contribution in [-0.4, -0.2) is 24.6 Å². The summed E-state index contributed by atoms with van der Waals surface area (Å²) in [5.41, 5.74) is -1.14. The van der Waals surface area contributed by atoms with Crippen molar-refractivity contribution in [2.45, 2.75) is 45.2 Å². The van der Waals surface area contributed by atoms with Crippen LogP contribution in [0, 0.1) is 5.82 Å². The summed E-state index contributed by atoms with van der Waals surface area (Å²) in [5.74, 6) is -1.95. The summed E-state index contributed by atoms with van der Waals surface area (Å²) in [6.45, 7) is 7.29. The fraction of sp³-hybridized carbons (Fsp3) is 0.538. The van der Waals surface area contributed by atoms with Crippen molar-refractivity contribution in [3.63, 3.8) is 0 Å². The third-order valence-corrected chi connectivity index (χ3v) is 4.04. The maximum atomic E-state index is 13.6. The molecule has 4 nitrogen and oxygen atoms in total. The van der Waals surface area contributed by atoms with E-state index in [-0.39, 0.29) is 5.46 Å². The van der Waals surface area contributed by atoms with Gasteiger partial charge in [0.25, 0.3) is 0 Å². The molecular weight excluding hydrogens is 288 g/mol. The Hall–Kier alpha value is -1.41. The van der Waals surface area contributed by atoms with Crippen molar-refractivity contribution in [2.75, 3.05) is 0 Å². The Bertz CT molecular complexity index is 587. The van der Waals surface area contributed by atoms with E-state index in [1.54, 1.807) is 0 Å². The summed E-state index contributed by atoms with van der Waals surface area (Å²) >= 11 is 0. The highest BCUT2D eigenvalue weighted by molar-refractivity contribution is 6.63. The molecule has 0 spiro atoms. The minimum Gasteiger partial charge on any atom is -0.399 e. The Balaban J connectivity index is 2.02. The molecule has 114 valence electrons. The van der Waals surface area contributed by atoms with E-state index in [2.05, 4.69) is 9.47 Å². The number of alkyl halides is 2. The maximum absolute atomic E-state index is 13.6. The van der Waals surface area contributed by atoms with Crippen molar-refractivity contribution in [1.82, 2.24) is 0 Å². The molecular formula is C13H14BF3O4. The smallest absolute Gasteiger partial charge is 0.399 e. The molecule has 0 aromatic heterocycles. The van der Waals surface area contributed by atoms with Gasteiger partial charge in [0.2, 0.25) is 5.75 Å². The summed E-state index contributed by atoms with van der Waals surface area (Å²) in [6.07, 6.45) is -3.90. The Morgan fingerprint density at radius 1 is 0.905 bits per heavy atom. The van der Waals surface area contributed by atoms with Gasteiger partial charge in [-0.15, -0.1) is 8.78 Å². The Labute approximate surface area is 120 Å². The predicted molar refractivity (Wildman–Crippen MR) is 68.3 cm³/mol. The van der Waals surface area contributed by atoms with E-state index >= 15 is 0 Å². The second-order valence-corrected chi connectivity index (χ2v) is 6.05. The molecule has 1 aromatic carbocycles. The number of ether oxygens (including phenoxy) is 2. The van der Waals surface area contributed by atoms with Gasteiger partial charge in [0, 0.05) is 5.46 Å². The van der Waals surface area contributed by atoms with Crippen molar-refractivity contribution in [3.8, 4) is 11.5 Å². The van der Waals surface area contributed by atoms with Gasteiger partial charge >= 0.3 is 13.4 Å². The zero-order valence-corrected chi connectivity index (χ0v) is 12.0. The van der Waals surface area contributed by atoms with Crippen molar-refractivity contribution in [1.29, 1.82) is 0 Å². The SMILES string of the molecule is CC1(C)OB(c2ccc(F)c3c2OC(F)(F)O3)OC1(C)C. The van der Waals surface area contributed by atoms with Crippen LogP contribution in [0.3, 0.4) is 0 Å². The number of fused-ring (bicyclic) bond motifs is 1. The quantitative estimate of drug-likeness (QED) is 0.747. The molecule has 0 radical (unpaired) electrons. The first-order valence-electron chi connectivity index (χ1n) is 6.46. The van der Waals surface area contributed by atoms with E-state index in [0.717, 1.165) is 6.07 Å². The van der Waals surface area contributed by atoms with E-state index in [0.29, 0.717) is 0 Å². The summed E-state index contributed by atoms with van der Waals surface area (Å²) in [6, 6.07) is 2.31. The first-order valence-corrected chi connectivity index (χ1v) is 6.46. The molecule has 2 aliphatic heterocycles. The monoisotopic (exact) mass is 302 g/mol. The normalized spacial score (nSPS) is 24.4. The van der Waals surface area contributed by atoms with Crippen LogP contribution in [0.5, 0.6) is 11.5 Å². The Morgan fingerprint density at radius 2 is 1.43 bits per heavy atom. The summed E-state index contributed by atoms with van der Waals surface area (Å²) in [4.78, 5) is 0. The zero-order valence-electron chi connectivity index (χ0n) is 12.0.